The van der Waals surface area contributed by atoms with Crippen molar-refractivity contribution in [3.8, 4) is 0 Å². The molecule has 0 rings (SSSR count). The molecule has 0 spiro atoms. The molecule has 11 heavy (non-hydrogen) atoms. The topological polar surface area (TPSA) is 12.0 Å². The molecule has 0 aliphatic rings. The molecule has 1 N–H and O–H groups in total. The van der Waals surface area contributed by atoms with E-state index >= 15 is 0 Å². The van der Waals surface area contributed by atoms with Crippen LogP contribution in [0.1, 0.15) is 33.1 Å². The maximum atomic E-state index is 3.33. The molecular weight excluding hydrogens is 154 g/mol. The highest BCUT2D eigenvalue weighted by Crippen LogP contribution is 2.04. The number of unbranched alkanes of at least 4 members (excludes halogenated alkanes) is 1. The summed E-state index contributed by atoms with van der Waals surface area (Å²) in [5, 5.41) is 3.33. The van der Waals surface area contributed by atoms with Gasteiger partial charge in [-0.3, -0.25) is 0 Å². The van der Waals surface area contributed by atoms with Crippen LogP contribution in [-0.2, 0) is 0 Å². The maximum absolute atomic E-state index is 3.33. The highest BCUT2D eigenvalue weighted by atomic mass is 32.2. The summed E-state index contributed by atoms with van der Waals surface area (Å²) in [6.45, 7) is 6.71. The number of thioether (sulfide) groups is 1. The largest absolute Gasteiger partial charge is 0.317 e. The zero-order valence-corrected chi connectivity index (χ0v) is 8.67. The summed E-state index contributed by atoms with van der Waals surface area (Å²) in [5.41, 5.74) is 0. The maximum Gasteiger partial charge on any atom is -0.00487 e. The van der Waals surface area contributed by atoms with Gasteiger partial charge in [0.25, 0.3) is 0 Å². The standard InChI is InChI=1S/C9H21NS/c1-3-8-11-9-6-5-7-10-4-2/h10H,3-9H2,1-2H3. The van der Waals surface area contributed by atoms with Crippen LogP contribution in [0.15, 0.2) is 0 Å². The van der Waals surface area contributed by atoms with Gasteiger partial charge in [-0.2, -0.15) is 11.8 Å². The zero-order valence-electron chi connectivity index (χ0n) is 7.86. The van der Waals surface area contributed by atoms with Crippen LogP contribution < -0.4 is 5.32 Å². The minimum atomic E-state index is 1.11. The monoisotopic (exact) mass is 175 g/mol. The van der Waals surface area contributed by atoms with Crippen LogP contribution in [0.3, 0.4) is 0 Å². The average Bonchev–Trinajstić information content (AvgIpc) is 2.03. The fourth-order valence-corrected chi connectivity index (χ4v) is 1.78. The van der Waals surface area contributed by atoms with Gasteiger partial charge in [0.1, 0.15) is 0 Å². The van der Waals surface area contributed by atoms with Crippen molar-refractivity contribution in [3.05, 3.63) is 0 Å². The highest BCUT2D eigenvalue weighted by molar-refractivity contribution is 7.99. The van der Waals surface area contributed by atoms with Gasteiger partial charge in [0, 0.05) is 0 Å². The summed E-state index contributed by atoms with van der Waals surface area (Å²) in [6.07, 6.45) is 4.03. The van der Waals surface area contributed by atoms with E-state index in [4.69, 9.17) is 0 Å². The van der Waals surface area contributed by atoms with E-state index in [0.717, 1.165) is 6.54 Å². The van der Waals surface area contributed by atoms with Crippen LogP contribution in [0, 0.1) is 0 Å². The van der Waals surface area contributed by atoms with Crippen molar-refractivity contribution in [1.82, 2.24) is 5.32 Å². The van der Waals surface area contributed by atoms with Gasteiger partial charge in [0.15, 0.2) is 0 Å². The lowest BCUT2D eigenvalue weighted by molar-refractivity contribution is 0.666. The fourth-order valence-electron chi connectivity index (χ4n) is 0.877. The van der Waals surface area contributed by atoms with Gasteiger partial charge in [-0.1, -0.05) is 13.8 Å². The molecule has 0 amide bonds. The van der Waals surface area contributed by atoms with Gasteiger partial charge in [-0.25, -0.2) is 0 Å². The molecule has 0 fully saturated rings. The third-order valence-electron chi connectivity index (χ3n) is 1.49. The molecule has 2 heteroatoms. The van der Waals surface area contributed by atoms with E-state index < -0.39 is 0 Å². The molecule has 68 valence electrons. The first-order valence-corrected chi connectivity index (χ1v) is 5.85. The third-order valence-corrected chi connectivity index (χ3v) is 2.76. The second-order valence-electron chi connectivity index (χ2n) is 2.67. The predicted molar refractivity (Wildman–Crippen MR) is 55.4 cm³/mol. The lowest BCUT2D eigenvalue weighted by Crippen LogP contribution is -2.13. The van der Waals surface area contributed by atoms with Gasteiger partial charge in [0.2, 0.25) is 0 Å². The Balaban J connectivity index is 2.69. The van der Waals surface area contributed by atoms with Gasteiger partial charge in [-0.15, -0.1) is 0 Å². The lowest BCUT2D eigenvalue weighted by atomic mass is 10.3. The quantitative estimate of drug-likeness (QED) is 0.569. The van der Waals surface area contributed by atoms with E-state index in [9.17, 15) is 0 Å². The summed E-state index contributed by atoms with van der Waals surface area (Å²) in [5.74, 6) is 2.68. The second-order valence-corrected chi connectivity index (χ2v) is 3.90. The number of nitrogens with one attached hydrogen (secondary N) is 1. The van der Waals surface area contributed by atoms with Crippen molar-refractivity contribution in [2.75, 3.05) is 24.6 Å². The molecular formula is C9H21NS. The Morgan fingerprint density at radius 3 is 2.55 bits per heavy atom. The number of hydrogen-bond donors (Lipinski definition) is 1. The van der Waals surface area contributed by atoms with Crippen LogP contribution in [0.2, 0.25) is 0 Å². The molecule has 0 saturated heterocycles. The highest BCUT2D eigenvalue weighted by Gasteiger charge is 1.88. The molecule has 0 aromatic rings. The van der Waals surface area contributed by atoms with Crippen molar-refractivity contribution in [2.24, 2.45) is 0 Å². The first-order valence-electron chi connectivity index (χ1n) is 4.70. The SMILES string of the molecule is CCCSCCCCNCC. The first-order chi connectivity index (χ1) is 5.41. The van der Waals surface area contributed by atoms with Gasteiger partial charge < -0.3 is 5.32 Å². The summed E-state index contributed by atoms with van der Waals surface area (Å²) in [6, 6.07) is 0. The van der Waals surface area contributed by atoms with Gasteiger partial charge >= 0.3 is 0 Å². The van der Waals surface area contributed by atoms with E-state index in [1.54, 1.807) is 0 Å². The van der Waals surface area contributed by atoms with Crippen molar-refractivity contribution in [2.45, 2.75) is 33.1 Å². The van der Waals surface area contributed by atoms with Crippen LogP contribution in [0.5, 0.6) is 0 Å². The first kappa shape index (κ1) is 11.3. The van der Waals surface area contributed by atoms with E-state index in [1.807, 2.05) is 0 Å². The molecule has 0 saturated carbocycles. The van der Waals surface area contributed by atoms with Crippen molar-refractivity contribution < 1.29 is 0 Å². The number of rotatable bonds is 8. The second kappa shape index (κ2) is 10.3. The summed E-state index contributed by atoms with van der Waals surface area (Å²) >= 11 is 2.08. The van der Waals surface area contributed by atoms with E-state index in [2.05, 4.69) is 30.9 Å². The normalized spacial score (nSPS) is 10.4. The molecule has 0 aliphatic heterocycles. The summed E-state index contributed by atoms with van der Waals surface area (Å²) in [7, 11) is 0. The molecule has 0 aromatic carbocycles. The molecule has 0 heterocycles. The zero-order chi connectivity index (χ0) is 8.36. The Bertz CT molecular complexity index is 58.6. The Morgan fingerprint density at radius 2 is 1.91 bits per heavy atom. The fraction of sp³-hybridized carbons (Fsp3) is 1.00. The predicted octanol–water partition coefficient (Wildman–Crippen LogP) is 2.52. The lowest BCUT2D eigenvalue weighted by Gasteiger charge is -2.00. The van der Waals surface area contributed by atoms with E-state index in [0.29, 0.717) is 0 Å². The molecule has 0 aromatic heterocycles. The van der Waals surface area contributed by atoms with Crippen LogP contribution in [-0.4, -0.2) is 24.6 Å². The van der Waals surface area contributed by atoms with Crippen molar-refractivity contribution >= 4 is 11.8 Å². The molecule has 0 radical (unpaired) electrons. The minimum Gasteiger partial charge on any atom is -0.317 e. The molecule has 0 unspecified atom stereocenters. The Kier molecular flexibility index (Phi) is 10.6. The Labute approximate surface area is 75.3 Å². The van der Waals surface area contributed by atoms with Crippen molar-refractivity contribution in [1.29, 1.82) is 0 Å². The van der Waals surface area contributed by atoms with E-state index in [1.165, 1.54) is 37.3 Å². The molecule has 0 bridgehead atoms. The Hall–Kier alpha value is 0.310. The van der Waals surface area contributed by atoms with Gasteiger partial charge in [-0.05, 0) is 43.9 Å². The smallest absolute Gasteiger partial charge is 0.00487 e. The van der Waals surface area contributed by atoms with Crippen LogP contribution >= 0.6 is 11.8 Å². The summed E-state index contributed by atoms with van der Waals surface area (Å²) < 4.78 is 0. The average molecular weight is 175 g/mol. The molecule has 0 aliphatic carbocycles. The van der Waals surface area contributed by atoms with Crippen LogP contribution in [0.25, 0.3) is 0 Å². The summed E-state index contributed by atoms with van der Waals surface area (Å²) in [4.78, 5) is 0. The Morgan fingerprint density at radius 1 is 1.09 bits per heavy atom. The number of hydrogen-bond acceptors (Lipinski definition) is 2. The molecule has 1 nitrogen and oxygen atoms in total. The van der Waals surface area contributed by atoms with Crippen LogP contribution in [0.4, 0.5) is 0 Å². The third kappa shape index (κ3) is 10.3. The molecule has 0 atom stereocenters. The van der Waals surface area contributed by atoms with Gasteiger partial charge in [0.05, 0.1) is 0 Å². The van der Waals surface area contributed by atoms with E-state index in [-0.39, 0.29) is 0 Å². The minimum absolute atomic E-state index is 1.11. The van der Waals surface area contributed by atoms with Crippen molar-refractivity contribution in [3.63, 3.8) is 0 Å².